The number of hydrogen-bond donors (Lipinski definition) is 1. The fraction of sp³-hybridized carbons (Fsp3) is 0.679. The highest BCUT2D eigenvalue weighted by atomic mass is 15.2. The zero-order valence-electron chi connectivity index (χ0n) is 21.3. The van der Waals surface area contributed by atoms with Gasteiger partial charge in [-0.15, -0.1) is 0 Å². The molecule has 4 aliphatic rings. The molecule has 6 nitrogen and oxygen atoms in total. The number of hydrogen-bond acceptors (Lipinski definition) is 6. The molecule has 4 saturated heterocycles. The normalized spacial score (nSPS) is 28.0. The number of rotatable bonds is 8. The van der Waals surface area contributed by atoms with Gasteiger partial charge in [-0.1, -0.05) is 13.8 Å². The zero-order chi connectivity index (χ0) is 23.5. The monoisotopic (exact) mass is 462 g/mol. The van der Waals surface area contributed by atoms with Gasteiger partial charge in [0.25, 0.3) is 0 Å². The molecule has 6 heteroatoms. The lowest BCUT2D eigenvalue weighted by molar-refractivity contribution is 0.0271. The third-order valence-corrected chi connectivity index (χ3v) is 8.73. The predicted octanol–water partition coefficient (Wildman–Crippen LogP) is 4.30. The minimum atomic E-state index is 0.495. The van der Waals surface area contributed by atoms with Gasteiger partial charge in [0.2, 0.25) is 0 Å². The summed E-state index contributed by atoms with van der Waals surface area (Å²) in [5, 5.41) is 3.92. The van der Waals surface area contributed by atoms with Crippen LogP contribution >= 0.6 is 0 Å². The molecule has 2 aromatic heterocycles. The minimum Gasteiger partial charge on any atom is -0.312 e. The van der Waals surface area contributed by atoms with Crippen LogP contribution in [-0.4, -0.2) is 76.6 Å². The van der Waals surface area contributed by atoms with E-state index in [1.165, 1.54) is 56.7 Å². The summed E-state index contributed by atoms with van der Waals surface area (Å²) in [5.41, 5.74) is 3.56. The Balaban J connectivity index is 1.32. The van der Waals surface area contributed by atoms with Gasteiger partial charge < -0.3 is 10.2 Å². The van der Waals surface area contributed by atoms with Crippen LogP contribution < -0.4 is 5.32 Å². The Morgan fingerprint density at radius 1 is 1.03 bits per heavy atom. The Bertz CT molecular complexity index is 922. The minimum absolute atomic E-state index is 0.495. The van der Waals surface area contributed by atoms with Crippen LogP contribution in [0.1, 0.15) is 75.6 Å². The van der Waals surface area contributed by atoms with E-state index >= 15 is 0 Å². The lowest BCUT2D eigenvalue weighted by Crippen LogP contribution is -2.57. The van der Waals surface area contributed by atoms with E-state index < -0.39 is 0 Å². The summed E-state index contributed by atoms with van der Waals surface area (Å²) in [6.45, 7) is 10.5. The van der Waals surface area contributed by atoms with E-state index in [-0.39, 0.29) is 0 Å². The standard InChI is InChI=1S/C28H42N6/c1-4-20(5-2)26-17-27(32-28(31-26)21-6-11-29-12-7-21)25-19-34-15-8-22(25)16-24(34)18-30-23-9-13-33(3)14-10-23/h6-7,11-12,17,20,22-25,30H,4-5,8-10,13-16,18-19H2,1-3H3/t22-,24+,25-/m0/s1. The second kappa shape index (κ2) is 10.8. The van der Waals surface area contributed by atoms with Crippen molar-refractivity contribution in [1.29, 1.82) is 0 Å². The van der Waals surface area contributed by atoms with Crippen LogP contribution in [0, 0.1) is 5.92 Å². The highest BCUT2D eigenvalue weighted by Crippen LogP contribution is 2.42. The number of fused-ring (bicyclic) bond motifs is 3. The fourth-order valence-electron chi connectivity index (χ4n) is 6.42. The van der Waals surface area contributed by atoms with E-state index in [1.54, 1.807) is 0 Å². The van der Waals surface area contributed by atoms with Crippen LogP contribution in [0.15, 0.2) is 30.6 Å². The van der Waals surface area contributed by atoms with Crippen LogP contribution in [0.3, 0.4) is 0 Å². The van der Waals surface area contributed by atoms with Crippen molar-refractivity contribution in [3.05, 3.63) is 42.0 Å². The second-order valence-electron chi connectivity index (χ2n) is 10.8. The average Bonchev–Trinajstić information content (AvgIpc) is 2.90. The number of nitrogens with one attached hydrogen (secondary N) is 1. The second-order valence-corrected chi connectivity index (χ2v) is 10.8. The van der Waals surface area contributed by atoms with Crippen molar-refractivity contribution in [2.75, 3.05) is 39.8 Å². The van der Waals surface area contributed by atoms with Gasteiger partial charge in [-0.05, 0) is 89.3 Å². The molecule has 0 aromatic carbocycles. The van der Waals surface area contributed by atoms with E-state index in [1.807, 2.05) is 24.5 Å². The van der Waals surface area contributed by atoms with Crippen LogP contribution in [0.2, 0.25) is 0 Å². The van der Waals surface area contributed by atoms with E-state index in [9.17, 15) is 0 Å². The molecule has 2 bridgehead atoms. The molecule has 1 N–H and O–H groups in total. The molecule has 4 atom stereocenters. The number of pyridine rings is 1. The summed E-state index contributed by atoms with van der Waals surface area (Å²) < 4.78 is 0. The molecule has 0 aliphatic carbocycles. The largest absolute Gasteiger partial charge is 0.312 e. The maximum Gasteiger partial charge on any atom is 0.159 e. The third-order valence-electron chi connectivity index (χ3n) is 8.73. The lowest BCUT2D eigenvalue weighted by Gasteiger charge is -2.50. The molecule has 4 fully saturated rings. The molecule has 0 spiro atoms. The SMILES string of the molecule is CCC(CC)c1cc([C@H]2CN3CC[C@H]2C[C@@H]3CNC2CCN(C)CC2)nc(-c2ccncc2)n1. The summed E-state index contributed by atoms with van der Waals surface area (Å²) in [5.74, 6) is 2.61. The van der Waals surface area contributed by atoms with Crippen molar-refractivity contribution in [2.45, 2.75) is 76.3 Å². The van der Waals surface area contributed by atoms with E-state index in [0.717, 1.165) is 43.2 Å². The summed E-state index contributed by atoms with van der Waals surface area (Å²) in [4.78, 5) is 19.6. The molecular formula is C28H42N6. The molecule has 0 saturated carbocycles. The third kappa shape index (κ3) is 5.19. The highest BCUT2D eigenvalue weighted by Gasteiger charge is 2.41. The number of aromatic nitrogens is 3. The molecule has 184 valence electrons. The van der Waals surface area contributed by atoms with Gasteiger partial charge in [0.15, 0.2) is 5.82 Å². The Morgan fingerprint density at radius 2 is 1.79 bits per heavy atom. The summed E-state index contributed by atoms with van der Waals surface area (Å²) in [6.07, 6.45) is 11.1. The maximum atomic E-state index is 5.16. The van der Waals surface area contributed by atoms with E-state index in [0.29, 0.717) is 23.9 Å². The number of piperidine rings is 4. The maximum absolute atomic E-state index is 5.16. The van der Waals surface area contributed by atoms with Gasteiger partial charge >= 0.3 is 0 Å². The van der Waals surface area contributed by atoms with Crippen molar-refractivity contribution < 1.29 is 0 Å². The first-order valence-electron chi connectivity index (χ1n) is 13.6. The van der Waals surface area contributed by atoms with Gasteiger partial charge in [-0.3, -0.25) is 9.88 Å². The van der Waals surface area contributed by atoms with Crippen molar-refractivity contribution in [3.8, 4) is 11.4 Å². The summed E-state index contributed by atoms with van der Waals surface area (Å²) in [7, 11) is 2.24. The molecule has 0 amide bonds. The Hall–Kier alpha value is -1.89. The first-order valence-corrected chi connectivity index (χ1v) is 13.6. The predicted molar refractivity (Wildman–Crippen MR) is 138 cm³/mol. The fourth-order valence-corrected chi connectivity index (χ4v) is 6.42. The highest BCUT2D eigenvalue weighted by molar-refractivity contribution is 5.54. The van der Waals surface area contributed by atoms with E-state index in [4.69, 9.17) is 9.97 Å². The van der Waals surface area contributed by atoms with Crippen LogP contribution in [0.5, 0.6) is 0 Å². The van der Waals surface area contributed by atoms with Gasteiger partial charge in [0, 0.05) is 66.4 Å². The molecular weight excluding hydrogens is 420 g/mol. The van der Waals surface area contributed by atoms with Gasteiger partial charge in [-0.25, -0.2) is 9.97 Å². The van der Waals surface area contributed by atoms with Gasteiger partial charge in [0.05, 0.1) is 0 Å². The number of likely N-dealkylation sites (tertiary alicyclic amines) is 1. The molecule has 0 radical (unpaired) electrons. The first-order chi connectivity index (χ1) is 16.6. The average molecular weight is 463 g/mol. The number of nitrogens with zero attached hydrogens (tertiary/aromatic N) is 5. The van der Waals surface area contributed by atoms with Gasteiger partial charge in [-0.2, -0.15) is 0 Å². The van der Waals surface area contributed by atoms with Crippen LogP contribution in [0.4, 0.5) is 0 Å². The Morgan fingerprint density at radius 3 is 2.47 bits per heavy atom. The van der Waals surface area contributed by atoms with Crippen LogP contribution in [-0.2, 0) is 0 Å². The zero-order valence-corrected chi connectivity index (χ0v) is 21.3. The van der Waals surface area contributed by atoms with Crippen molar-refractivity contribution in [2.24, 2.45) is 5.92 Å². The molecule has 4 aliphatic heterocycles. The van der Waals surface area contributed by atoms with E-state index in [2.05, 4.69) is 47.1 Å². The molecule has 34 heavy (non-hydrogen) atoms. The molecule has 6 heterocycles. The molecule has 2 aromatic rings. The Kier molecular flexibility index (Phi) is 7.57. The van der Waals surface area contributed by atoms with Gasteiger partial charge in [0.1, 0.15) is 0 Å². The first kappa shape index (κ1) is 23.8. The van der Waals surface area contributed by atoms with Crippen molar-refractivity contribution in [1.82, 2.24) is 30.1 Å². The summed E-state index contributed by atoms with van der Waals surface area (Å²) >= 11 is 0. The quantitative estimate of drug-likeness (QED) is 0.631. The Labute approximate surface area is 205 Å². The lowest BCUT2D eigenvalue weighted by atomic mass is 9.73. The smallest absolute Gasteiger partial charge is 0.159 e. The summed E-state index contributed by atoms with van der Waals surface area (Å²) in [6, 6.07) is 7.80. The molecule has 6 rings (SSSR count). The van der Waals surface area contributed by atoms with Crippen LogP contribution in [0.25, 0.3) is 11.4 Å². The topological polar surface area (TPSA) is 57.2 Å². The van der Waals surface area contributed by atoms with Crippen molar-refractivity contribution in [3.63, 3.8) is 0 Å². The molecule has 1 unspecified atom stereocenters. The van der Waals surface area contributed by atoms with Crippen molar-refractivity contribution >= 4 is 0 Å².